The van der Waals surface area contributed by atoms with Gasteiger partial charge in [-0.1, -0.05) is 20.8 Å². The van der Waals surface area contributed by atoms with Crippen molar-refractivity contribution in [2.75, 3.05) is 44.8 Å². The summed E-state index contributed by atoms with van der Waals surface area (Å²) in [5.41, 5.74) is 0.0518. The molecule has 0 radical (unpaired) electrons. The summed E-state index contributed by atoms with van der Waals surface area (Å²) < 4.78 is 7.23. The van der Waals surface area contributed by atoms with E-state index in [0.29, 0.717) is 25.8 Å². The van der Waals surface area contributed by atoms with E-state index in [2.05, 4.69) is 47.8 Å². The molecule has 8 heteroatoms. The van der Waals surface area contributed by atoms with Crippen LogP contribution in [0.1, 0.15) is 39.4 Å². The highest BCUT2D eigenvalue weighted by molar-refractivity contribution is 5.48. The molecule has 2 aliphatic heterocycles. The van der Waals surface area contributed by atoms with Gasteiger partial charge in [-0.25, -0.2) is 0 Å². The highest BCUT2D eigenvalue weighted by Crippen LogP contribution is 2.27. The van der Waals surface area contributed by atoms with Gasteiger partial charge in [0.05, 0.1) is 5.60 Å². The Kier molecular flexibility index (Phi) is 4.60. The molecular formula is C19H30N6O2. The fraction of sp³-hybridized carbons (Fsp3) is 0.737. The first-order valence-electron chi connectivity index (χ1n) is 9.73. The molecule has 2 saturated heterocycles. The Bertz CT molecular complexity index is 802. The van der Waals surface area contributed by atoms with E-state index in [0.717, 1.165) is 43.2 Å². The summed E-state index contributed by atoms with van der Waals surface area (Å²) in [5.74, 6) is 1.82. The summed E-state index contributed by atoms with van der Waals surface area (Å²) in [4.78, 5) is 4.54. The Balaban J connectivity index is 1.41. The molecule has 4 heterocycles. The van der Waals surface area contributed by atoms with E-state index in [-0.39, 0.29) is 5.41 Å². The molecule has 2 aliphatic rings. The maximum absolute atomic E-state index is 10.7. The van der Waals surface area contributed by atoms with Crippen LogP contribution in [-0.2, 0) is 10.2 Å². The maximum atomic E-state index is 10.7. The first-order chi connectivity index (χ1) is 12.8. The lowest BCUT2D eigenvalue weighted by Gasteiger charge is -2.47. The van der Waals surface area contributed by atoms with Crippen LogP contribution in [0.4, 0.5) is 5.82 Å². The summed E-state index contributed by atoms with van der Waals surface area (Å²) in [7, 11) is 2.10. The highest BCUT2D eigenvalue weighted by atomic mass is 16.5. The Hall–Kier alpha value is -1.77. The van der Waals surface area contributed by atoms with E-state index in [1.54, 1.807) is 0 Å². The number of rotatable bonds is 4. The predicted molar refractivity (Wildman–Crippen MR) is 103 cm³/mol. The number of aliphatic hydroxyl groups is 1. The number of likely N-dealkylation sites (N-methyl/N-ethyl adjacent to an activating group) is 1. The van der Waals surface area contributed by atoms with Gasteiger partial charge in [-0.15, -0.1) is 15.3 Å². The van der Waals surface area contributed by atoms with Crippen LogP contribution < -0.4 is 4.90 Å². The lowest BCUT2D eigenvalue weighted by Crippen LogP contribution is -2.61. The summed E-state index contributed by atoms with van der Waals surface area (Å²) in [6.07, 6.45) is 1.43. The molecule has 0 saturated carbocycles. The zero-order valence-corrected chi connectivity index (χ0v) is 16.7. The van der Waals surface area contributed by atoms with Crippen molar-refractivity contribution in [3.63, 3.8) is 0 Å². The van der Waals surface area contributed by atoms with E-state index < -0.39 is 5.60 Å². The second-order valence-corrected chi connectivity index (χ2v) is 9.05. The van der Waals surface area contributed by atoms with Crippen LogP contribution in [0.3, 0.4) is 0 Å². The number of fused-ring (bicyclic) bond motifs is 1. The zero-order chi connectivity index (χ0) is 19.2. The lowest BCUT2D eigenvalue weighted by atomic mass is 9.92. The standard InChI is InChI=1S/C19H30N6O2/c1-18(2,3)17-21-20-15-5-6-16(22-25(15)17)24-11-14(12-24)23(4)13-19(26)7-9-27-10-8-19/h5-6,14,26H,7-13H2,1-4H3. The van der Waals surface area contributed by atoms with Crippen molar-refractivity contribution in [2.24, 2.45) is 0 Å². The summed E-state index contributed by atoms with van der Waals surface area (Å²) in [5, 5.41) is 24.1. The number of anilines is 1. The van der Waals surface area contributed by atoms with E-state index in [4.69, 9.17) is 9.84 Å². The molecule has 0 spiro atoms. The first-order valence-corrected chi connectivity index (χ1v) is 9.73. The van der Waals surface area contributed by atoms with E-state index >= 15 is 0 Å². The van der Waals surface area contributed by atoms with Crippen molar-refractivity contribution in [3.8, 4) is 0 Å². The highest BCUT2D eigenvalue weighted by Gasteiger charge is 2.37. The summed E-state index contributed by atoms with van der Waals surface area (Å²) >= 11 is 0. The third kappa shape index (κ3) is 3.66. The number of hydrogen-bond donors (Lipinski definition) is 1. The third-order valence-electron chi connectivity index (χ3n) is 5.70. The van der Waals surface area contributed by atoms with Crippen LogP contribution in [0.25, 0.3) is 5.65 Å². The lowest BCUT2D eigenvalue weighted by molar-refractivity contribution is -0.0825. The fourth-order valence-electron chi connectivity index (χ4n) is 3.84. The molecule has 2 fully saturated rings. The molecule has 1 N–H and O–H groups in total. The van der Waals surface area contributed by atoms with Gasteiger partial charge in [0.15, 0.2) is 11.5 Å². The van der Waals surface area contributed by atoms with E-state index in [1.807, 2.05) is 16.6 Å². The number of ether oxygens (including phenoxy) is 1. The predicted octanol–water partition coefficient (Wildman–Crippen LogP) is 1.08. The Morgan fingerprint density at radius 2 is 1.93 bits per heavy atom. The second-order valence-electron chi connectivity index (χ2n) is 9.05. The van der Waals surface area contributed by atoms with E-state index in [9.17, 15) is 5.11 Å². The second kappa shape index (κ2) is 6.68. The molecule has 0 aliphatic carbocycles. The van der Waals surface area contributed by atoms with Crippen molar-refractivity contribution in [1.82, 2.24) is 24.7 Å². The van der Waals surface area contributed by atoms with Crippen LogP contribution >= 0.6 is 0 Å². The van der Waals surface area contributed by atoms with Crippen LogP contribution in [0.5, 0.6) is 0 Å². The maximum Gasteiger partial charge on any atom is 0.178 e. The normalized spacial score (nSPS) is 21.0. The molecule has 8 nitrogen and oxygen atoms in total. The summed E-state index contributed by atoms with van der Waals surface area (Å²) in [6, 6.07) is 4.42. The van der Waals surface area contributed by atoms with Gasteiger partial charge in [-0.3, -0.25) is 4.90 Å². The van der Waals surface area contributed by atoms with Crippen LogP contribution in [-0.4, -0.2) is 81.4 Å². The van der Waals surface area contributed by atoms with Gasteiger partial charge in [-0.2, -0.15) is 4.52 Å². The van der Waals surface area contributed by atoms with Crippen molar-refractivity contribution in [1.29, 1.82) is 0 Å². The van der Waals surface area contributed by atoms with Gasteiger partial charge in [0, 0.05) is 57.1 Å². The Labute approximate surface area is 160 Å². The van der Waals surface area contributed by atoms with Crippen LogP contribution in [0, 0.1) is 0 Å². The molecule has 0 aromatic carbocycles. The van der Waals surface area contributed by atoms with E-state index in [1.165, 1.54) is 0 Å². The zero-order valence-electron chi connectivity index (χ0n) is 16.7. The largest absolute Gasteiger partial charge is 0.388 e. The smallest absolute Gasteiger partial charge is 0.178 e. The first kappa shape index (κ1) is 18.6. The minimum absolute atomic E-state index is 0.109. The molecular weight excluding hydrogens is 344 g/mol. The topological polar surface area (TPSA) is 79.0 Å². The van der Waals surface area contributed by atoms with Gasteiger partial charge in [-0.05, 0) is 19.2 Å². The van der Waals surface area contributed by atoms with Gasteiger partial charge < -0.3 is 14.7 Å². The summed E-state index contributed by atoms with van der Waals surface area (Å²) in [6.45, 7) is 10.2. The monoisotopic (exact) mass is 374 g/mol. The number of hydrogen-bond acceptors (Lipinski definition) is 7. The number of aromatic nitrogens is 4. The SMILES string of the molecule is CN(CC1(O)CCOCC1)C1CN(c2ccc3nnc(C(C)(C)C)n3n2)C1. The molecule has 148 valence electrons. The molecule has 4 rings (SSSR count). The average Bonchev–Trinajstić information content (AvgIpc) is 2.97. The third-order valence-corrected chi connectivity index (χ3v) is 5.70. The minimum atomic E-state index is -0.616. The van der Waals surface area contributed by atoms with Crippen molar-refractivity contribution in [3.05, 3.63) is 18.0 Å². The van der Waals surface area contributed by atoms with Gasteiger partial charge in [0.1, 0.15) is 5.82 Å². The van der Waals surface area contributed by atoms with Crippen molar-refractivity contribution < 1.29 is 9.84 Å². The molecule has 27 heavy (non-hydrogen) atoms. The number of nitrogens with zero attached hydrogens (tertiary/aromatic N) is 6. The van der Waals surface area contributed by atoms with Crippen molar-refractivity contribution >= 4 is 11.5 Å². The molecule has 0 atom stereocenters. The quantitative estimate of drug-likeness (QED) is 0.858. The Morgan fingerprint density at radius 1 is 1.22 bits per heavy atom. The Morgan fingerprint density at radius 3 is 2.59 bits per heavy atom. The van der Waals surface area contributed by atoms with Crippen molar-refractivity contribution in [2.45, 2.75) is 50.7 Å². The molecule has 2 aromatic heterocycles. The average molecular weight is 374 g/mol. The fourth-order valence-corrected chi connectivity index (χ4v) is 3.84. The molecule has 2 aromatic rings. The van der Waals surface area contributed by atoms with Crippen LogP contribution in [0.2, 0.25) is 0 Å². The minimum Gasteiger partial charge on any atom is -0.388 e. The molecule has 0 amide bonds. The van der Waals surface area contributed by atoms with Crippen LogP contribution in [0.15, 0.2) is 12.1 Å². The van der Waals surface area contributed by atoms with Gasteiger partial charge in [0.25, 0.3) is 0 Å². The molecule has 0 unspecified atom stereocenters. The van der Waals surface area contributed by atoms with Gasteiger partial charge in [0.2, 0.25) is 0 Å². The van der Waals surface area contributed by atoms with Gasteiger partial charge >= 0.3 is 0 Å². The molecule has 0 bridgehead atoms.